The van der Waals surface area contributed by atoms with E-state index in [2.05, 4.69) is 69.5 Å². The fourth-order valence-electron chi connectivity index (χ4n) is 6.72. The maximum Gasteiger partial charge on any atom is 0.121 e. The Morgan fingerprint density at radius 1 is 1.00 bits per heavy atom. The lowest BCUT2D eigenvalue weighted by atomic mass is 9.60. The van der Waals surface area contributed by atoms with Gasteiger partial charge in [-0.2, -0.15) is 0 Å². The molecule has 0 spiro atoms. The highest BCUT2D eigenvalue weighted by atomic mass is 16.5. The van der Waals surface area contributed by atoms with Gasteiger partial charge in [0, 0.05) is 44.5 Å². The third-order valence-corrected chi connectivity index (χ3v) is 8.50. The van der Waals surface area contributed by atoms with Gasteiger partial charge in [0.25, 0.3) is 0 Å². The SMILES string of the molecule is CCC(C)CCOc1ccc(C2CC(C)(C)CC(C)(C)C2)c(N2CCN(CC3CC3)CC2)c1. The van der Waals surface area contributed by atoms with Gasteiger partial charge >= 0.3 is 0 Å². The number of piperazine rings is 1. The molecular weight excluding hydrogens is 404 g/mol. The molecule has 2 aliphatic carbocycles. The Kier molecular flexibility index (Phi) is 7.68. The van der Waals surface area contributed by atoms with Gasteiger partial charge in [-0.3, -0.25) is 4.90 Å². The fraction of sp³-hybridized carbons (Fsp3) is 0.800. The van der Waals surface area contributed by atoms with Gasteiger partial charge in [0.2, 0.25) is 0 Å². The maximum atomic E-state index is 6.28. The summed E-state index contributed by atoms with van der Waals surface area (Å²) in [5.74, 6) is 3.42. The van der Waals surface area contributed by atoms with Crippen LogP contribution in [0, 0.1) is 22.7 Å². The Bertz CT molecular complexity index is 758. The summed E-state index contributed by atoms with van der Waals surface area (Å²) in [6.45, 7) is 21.4. The molecule has 0 aromatic heterocycles. The van der Waals surface area contributed by atoms with Crippen molar-refractivity contribution in [1.82, 2.24) is 4.90 Å². The minimum atomic E-state index is 0.401. The predicted molar refractivity (Wildman–Crippen MR) is 142 cm³/mol. The number of ether oxygens (including phenoxy) is 1. The summed E-state index contributed by atoms with van der Waals surface area (Å²) < 4.78 is 6.28. The topological polar surface area (TPSA) is 15.7 Å². The van der Waals surface area contributed by atoms with Crippen molar-refractivity contribution in [2.24, 2.45) is 22.7 Å². The summed E-state index contributed by atoms with van der Waals surface area (Å²) in [4.78, 5) is 5.38. The molecule has 1 aliphatic heterocycles. The smallest absolute Gasteiger partial charge is 0.121 e. The van der Waals surface area contributed by atoms with E-state index in [9.17, 15) is 0 Å². The summed E-state index contributed by atoms with van der Waals surface area (Å²) in [5, 5.41) is 0. The van der Waals surface area contributed by atoms with Gasteiger partial charge in [-0.25, -0.2) is 0 Å². The molecule has 2 saturated carbocycles. The minimum Gasteiger partial charge on any atom is -0.494 e. The van der Waals surface area contributed by atoms with E-state index in [4.69, 9.17) is 4.74 Å². The molecule has 0 N–H and O–H groups in total. The first-order chi connectivity index (χ1) is 15.6. The Labute approximate surface area is 204 Å². The van der Waals surface area contributed by atoms with Gasteiger partial charge in [-0.05, 0) is 78.7 Å². The van der Waals surface area contributed by atoms with E-state index in [-0.39, 0.29) is 0 Å². The molecule has 1 unspecified atom stereocenters. The Morgan fingerprint density at radius 2 is 1.67 bits per heavy atom. The summed E-state index contributed by atoms with van der Waals surface area (Å²) in [6.07, 6.45) is 9.17. The van der Waals surface area contributed by atoms with Gasteiger partial charge in [0.05, 0.1) is 6.61 Å². The summed E-state index contributed by atoms with van der Waals surface area (Å²) in [7, 11) is 0. The molecule has 1 atom stereocenters. The first-order valence-electron chi connectivity index (χ1n) is 13.9. The maximum absolute atomic E-state index is 6.28. The summed E-state index contributed by atoms with van der Waals surface area (Å²) in [5.41, 5.74) is 3.83. The van der Waals surface area contributed by atoms with Gasteiger partial charge in [-0.1, -0.05) is 54.0 Å². The molecule has 0 bridgehead atoms. The molecule has 0 radical (unpaired) electrons. The first kappa shape index (κ1) is 24.9. The zero-order valence-corrected chi connectivity index (χ0v) is 22.5. The van der Waals surface area contributed by atoms with E-state index < -0.39 is 0 Å². The second-order valence-corrected chi connectivity index (χ2v) is 13.2. The van der Waals surface area contributed by atoms with E-state index in [1.165, 1.54) is 63.8 Å². The molecule has 1 saturated heterocycles. The van der Waals surface area contributed by atoms with Gasteiger partial charge in [-0.15, -0.1) is 0 Å². The van der Waals surface area contributed by atoms with Crippen LogP contribution in [0.25, 0.3) is 0 Å². The normalized spacial score (nSPS) is 24.6. The number of anilines is 1. The van der Waals surface area contributed by atoms with Gasteiger partial charge in [0.1, 0.15) is 5.75 Å². The zero-order chi connectivity index (χ0) is 23.6. The minimum absolute atomic E-state index is 0.401. The molecule has 3 heteroatoms. The average molecular weight is 455 g/mol. The summed E-state index contributed by atoms with van der Waals surface area (Å²) >= 11 is 0. The second kappa shape index (κ2) is 10.2. The van der Waals surface area contributed by atoms with E-state index in [1.54, 1.807) is 5.56 Å². The molecule has 3 fully saturated rings. The van der Waals surface area contributed by atoms with E-state index in [1.807, 2.05) is 0 Å². The van der Waals surface area contributed by atoms with Crippen molar-refractivity contribution in [2.45, 2.75) is 92.4 Å². The van der Waals surface area contributed by atoms with Crippen LogP contribution >= 0.6 is 0 Å². The van der Waals surface area contributed by atoms with Crippen molar-refractivity contribution >= 4 is 5.69 Å². The zero-order valence-electron chi connectivity index (χ0n) is 22.5. The van der Waals surface area contributed by atoms with Crippen LogP contribution < -0.4 is 9.64 Å². The Morgan fingerprint density at radius 3 is 2.27 bits per heavy atom. The van der Waals surface area contributed by atoms with Crippen molar-refractivity contribution < 1.29 is 4.74 Å². The Balaban J connectivity index is 1.53. The van der Waals surface area contributed by atoms with Crippen molar-refractivity contribution in [3.8, 4) is 5.75 Å². The predicted octanol–water partition coefficient (Wildman–Crippen LogP) is 7.35. The molecule has 33 heavy (non-hydrogen) atoms. The van der Waals surface area contributed by atoms with Crippen LogP contribution in [0.15, 0.2) is 18.2 Å². The number of benzene rings is 1. The van der Waals surface area contributed by atoms with Crippen LogP contribution in [0.2, 0.25) is 0 Å². The van der Waals surface area contributed by atoms with Gasteiger partial charge < -0.3 is 9.64 Å². The standard InChI is InChI=1S/C30H50N2O/c1-7-23(2)12-17-33-26-10-11-27(25-19-29(3,4)22-30(5,6)20-25)28(18-26)32-15-13-31(14-16-32)21-24-8-9-24/h10-11,18,23-25H,7-9,12-17,19-22H2,1-6H3. The Hall–Kier alpha value is -1.22. The molecule has 1 heterocycles. The van der Waals surface area contributed by atoms with Crippen LogP contribution in [-0.4, -0.2) is 44.2 Å². The molecule has 1 aromatic rings. The lowest BCUT2D eigenvalue weighted by Gasteiger charge is -2.46. The molecular formula is C30H50N2O. The highest BCUT2D eigenvalue weighted by Gasteiger charge is 2.40. The molecule has 3 aliphatic rings. The van der Waals surface area contributed by atoms with Crippen LogP contribution in [0.1, 0.15) is 98.0 Å². The number of rotatable bonds is 9. The second-order valence-electron chi connectivity index (χ2n) is 13.2. The lowest BCUT2D eigenvalue weighted by Crippen LogP contribution is -2.47. The van der Waals surface area contributed by atoms with Crippen LogP contribution in [-0.2, 0) is 0 Å². The van der Waals surface area contributed by atoms with Crippen LogP contribution in [0.5, 0.6) is 5.75 Å². The highest BCUT2D eigenvalue weighted by Crippen LogP contribution is 2.53. The van der Waals surface area contributed by atoms with Crippen molar-refractivity contribution in [2.75, 3.05) is 44.2 Å². The number of hydrogen-bond donors (Lipinski definition) is 0. The third-order valence-electron chi connectivity index (χ3n) is 8.50. The van der Waals surface area contributed by atoms with Crippen molar-refractivity contribution in [1.29, 1.82) is 0 Å². The average Bonchev–Trinajstić information content (AvgIpc) is 3.56. The number of nitrogens with zero attached hydrogens (tertiary/aromatic N) is 2. The molecule has 186 valence electrons. The molecule has 4 rings (SSSR count). The van der Waals surface area contributed by atoms with Crippen LogP contribution in [0.3, 0.4) is 0 Å². The van der Waals surface area contributed by atoms with Crippen molar-refractivity contribution in [3.05, 3.63) is 23.8 Å². The van der Waals surface area contributed by atoms with Gasteiger partial charge in [0.15, 0.2) is 0 Å². The largest absolute Gasteiger partial charge is 0.494 e. The summed E-state index contributed by atoms with van der Waals surface area (Å²) in [6, 6.07) is 7.07. The quantitative estimate of drug-likeness (QED) is 0.388. The van der Waals surface area contributed by atoms with Crippen molar-refractivity contribution in [3.63, 3.8) is 0 Å². The third kappa shape index (κ3) is 6.90. The highest BCUT2D eigenvalue weighted by molar-refractivity contribution is 5.59. The first-order valence-corrected chi connectivity index (χ1v) is 13.9. The fourth-order valence-corrected chi connectivity index (χ4v) is 6.72. The van der Waals surface area contributed by atoms with E-state index >= 15 is 0 Å². The molecule has 3 nitrogen and oxygen atoms in total. The van der Waals surface area contributed by atoms with Crippen LogP contribution in [0.4, 0.5) is 5.69 Å². The van der Waals surface area contributed by atoms with E-state index in [0.717, 1.165) is 43.7 Å². The molecule has 1 aromatic carbocycles. The lowest BCUT2D eigenvalue weighted by molar-refractivity contribution is 0.0969. The molecule has 0 amide bonds. The van der Waals surface area contributed by atoms with E-state index in [0.29, 0.717) is 16.7 Å². The monoisotopic (exact) mass is 454 g/mol. The number of hydrogen-bond acceptors (Lipinski definition) is 3.